The fourth-order valence-electron chi connectivity index (χ4n) is 2.70. The van der Waals surface area contributed by atoms with Crippen LogP contribution in [0.15, 0.2) is 41.3 Å². The van der Waals surface area contributed by atoms with Gasteiger partial charge in [-0.25, -0.2) is 8.42 Å². The van der Waals surface area contributed by atoms with E-state index < -0.39 is 10.0 Å². The van der Waals surface area contributed by atoms with E-state index in [1.165, 1.54) is 25.0 Å². The number of nitrogens with one attached hydrogen (secondary N) is 1. The van der Waals surface area contributed by atoms with Gasteiger partial charge in [-0.1, -0.05) is 36.6 Å². The zero-order valence-electron chi connectivity index (χ0n) is 13.2. The van der Waals surface area contributed by atoms with E-state index in [1.807, 2.05) is 0 Å². The van der Waals surface area contributed by atoms with Crippen molar-refractivity contribution in [3.63, 3.8) is 0 Å². The van der Waals surface area contributed by atoms with Crippen LogP contribution in [0.2, 0.25) is 5.02 Å². The normalized spacial score (nSPS) is 15.8. The monoisotopic (exact) mass is 366 g/mol. The van der Waals surface area contributed by atoms with Crippen LogP contribution in [0.4, 0.5) is 11.6 Å². The SMILES string of the molecule is O=S(=O)(Nc1ccc(N2CCCCCC2)nn1)c1ccccc1Cl. The summed E-state index contributed by atoms with van der Waals surface area (Å²) < 4.78 is 27.2. The van der Waals surface area contributed by atoms with Crippen molar-refractivity contribution in [3.8, 4) is 0 Å². The first kappa shape index (κ1) is 17.0. The molecule has 0 radical (unpaired) electrons. The second-order valence-corrected chi connectivity index (χ2v) is 7.77. The molecule has 2 heterocycles. The van der Waals surface area contributed by atoms with Gasteiger partial charge < -0.3 is 4.90 Å². The maximum atomic E-state index is 12.4. The first-order valence-corrected chi connectivity index (χ1v) is 9.78. The van der Waals surface area contributed by atoms with Crippen LogP contribution in [0.1, 0.15) is 25.7 Å². The van der Waals surface area contributed by atoms with Gasteiger partial charge in [0.05, 0.1) is 5.02 Å². The Morgan fingerprint density at radius 2 is 1.67 bits per heavy atom. The molecular weight excluding hydrogens is 348 g/mol. The largest absolute Gasteiger partial charge is 0.355 e. The molecular formula is C16H19ClN4O2S. The molecule has 2 aromatic rings. The minimum Gasteiger partial charge on any atom is -0.355 e. The number of hydrogen-bond acceptors (Lipinski definition) is 5. The van der Waals surface area contributed by atoms with Gasteiger partial charge in [-0.3, -0.25) is 4.72 Å². The van der Waals surface area contributed by atoms with Crippen molar-refractivity contribution in [2.75, 3.05) is 22.7 Å². The summed E-state index contributed by atoms with van der Waals surface area (Å²) in [5, 5.41) is 8.33. The van der Waals surface area contributed by atoms with Gasteiger partial charge in [-0.15, -0.1) is 10.2 Å². The van der Waals surface area contributed by atoms with Gasteiger partial charge in [0.2, 0.25) is 0 Å². The number of rotatable bonds is 4. The summed E-state index contributed by atoms with van der Waals surface area (Å²) in [6.45, 7) is 1.92. The standard InChI is InChI=1S/C16H19ClN4O2S/c17-13-7-3-4-8-14(13)24(22,23)20-15-9-10-16(19-18-15)21-11-5-1-2-6-12-21/h3-4,7-10H,1-2,5-6,11-12H2,(H,18,20). The number of nitrogens with zero attached hydrogens (tertiary/aromatic N) is 3. The number of hydrogen-bond donors (Lipinski definition) is 1. The molecule has 1 aromatic heterocycles. The maximum Gasteiger partial charge on any atom is 0.264 e. The van der Waals surface area contributed by atoms with Gasteiger partial charge in [-0.05, 0) is 37.1 Å². The van der Waals surface area contributed by atoms with E-state index in [2.05, 4.69) is 19.8 Å². The van der Waals surface area contributed by atoms with Crippen molar-refractivity contribution < 1.29 is 8.42 Å². The van der Waals surface area contributed by atoms with Crippen LogP contribution >= 0.6 is 11.6 Å². The van der Waals surface area contributed by atoms with E-state index >= 15 is 0 Å². The molecule has 6 nitrogen and oxygen atoms in total. The zero-order valence-corrected chi connectivity index (χ0v) is 14.7. The average Bonchev–Trinajstić information content (AvgIpc) is 2.85. The molecule has 0 bridgehead atoms. The van der Waals surface area contributed by atoms with Gasteiger partial charge in [0, 0.05) is 13.1 Å². The third-order valence-electron chi connectivity index (χ3n) is 3.95. The summed E-state index contributed by atoms with van der Waals surface area (Å²) in [5.74, 6) is 0.950. The van der Waals surface area contributed by atoms with E-state index in [0.717, 1.165) is 31.7 Å². The summed E-state index contributed by atoms with van der Waals surface area (Å²) in [6.07, 6.45) is 4.75. The molecule has 24 heavy (non-hydrogen) atoms. The Bertz CT molecular complexity index is 788. The van der Waals surface area contributed by atoms with Gasteiger partial charge >= 0.3 is 0 Å². The lowest BCUT2D eigenvalue weighted by Crippen LogP contribution is -2.25. The molecule has 1 N–H and O–H groups in total. The van der Waals surface area contributed by atoms with Gasteiger partial charge in [0.1, 0.15) is 4.90 Å². The topological polar surface area (TPSA) is 75.2 Å². The first-order valence-electron chi connectivity index (χ1n) is 7.92. The molecule has 0 spiro atoms. The van der Waals surface area contributed by atoms with Crippen molar-refractivity contribution >= 4 is 33.3 Å². The molecule has 0 saturated carbocycles. The summed E-state index contributed by atoms with van der Waals surface area (Å²) in [5.41, 5.74) is 0. The third-order valence-corrected chi connectivity index (χ3v) is 5.80. The zero-order chi connectivity index (χ0) is 17.0. The lowest BCUT2D eigenvalue weighted by atomic mass is 10.2. The fraction of sp³-hybridized carbons (Fsp3) is 0.375. The fourth-order valence-corrected chi connectivity index (χ4v) is 4.22. The summed E-state index contributed by atoms with van der Waals surface area (Å²) in [6, 6.07) is 9.70. The van der Waals surface area contributed by atoms with Crippen LogP contribution < -0.4 is 9.62 Å². The second kappa shape index (κ2) is 7.36. The molecule has 128 valence electrons. The molecule has 1 saturated heterocycles. The highest BCUT2D eigenvalue weighted by Crippen LogP contribution is 2.23. The van der Waals surface area contributed by atoms with Gasteiger partial charge in [-0.2, -0.15) is 0 Å². The molecule has 1 aromatic carbocycles. The highest BCUT2D eigenvalue weighted by Gasteiger charge is 2.19. The molecule has 0 unspecified atom stereocenters. The molecule has 1 aliphatic rings. The minimum absolute atomic E-state index is 0.0186. The molecule has 8 heteroatoms. The average molecular weight is 367 g/mol. The highest BCUT2D eigenvalue weighted by molar-refractivity contribution is 7.92. The number of benzene rings is 1. The maximum absolute atomic E-state index is 12.4. The van der Waals surface area contributed by atoms with E-state index in [9.17, 15) is 8.42 Å². The van der Waals surface area contributed by atoms with Crippen molar-refractivity contribution in [2.24, 2.45) is 0 Å². The van der Waals surface area contributed by atoms with Gasteiger partial charge in [0.15, 0.2) is 11.6 Å². The predicted molar refractivity (Wildman–Crippen MR) is 95.0 cm³/mol. The Hall–Kier alpha value is -1.86. The predicted octanol–water partition coefficient (Wildman–Crippen LogP) is 3.31. The lowest BCUT2D eigenvalue weighted by molar-refractivity contribution is 0.601. The van der Waals surface area contributed by atoms with E-state index in [0.29, 0.717) is 0 Å². The van der Waals surface area contributed by atoms with Crippen LogP contribution in [0.25, 0.3) is 0 Å². The van der Waals surface area contributed by atoms with E-state index in [4.69, 9.17) is 11.6 Å². The Morgan fingerprint density at radius 1 is 0.958 bits per heavy atom. The number of sulfonamides is 1. The van der Waals surface area contributed by atoms with E-state index in [-0.39, 0.29) is 15.7 Å². The molecule has 3 rings (SSSR count). The van der Waals surface area contributed by atoms with Gasteiger partial charge in [0.25, 0.3) is 10.0 Å². The third kappa shape index (κ3) is 3.96. The summed E-state index contributed by atoms with van der Waals surface area (Å²) >= 11 is 5.96. The Morgan fingerprint density at radius 3 is 2.29 bits per heavy atom. The van der Waals surface area contributed by atoms with E-state index in [1.54, 1.807) is 24.3 Å². The Balaban J connectivity index is 1.75. The molecule has 1 aliphatic heterocycles. The van der Waals surface area contributed by atoms with Crippen LogP contribution in [0.5, 0.6) is 0 Å². The van der Waals surface area contributed by atoms with Crippen molar-refractivity contribution in [1.82, 2.24) is 10.2 Å². The second-order valence-electron chi connectivity index (χ2n) is 5.71. The Labute approximate surface area is 146 Å². The number of aromatic nitrogens is 2. The first-order chi connectivity index (χ1) is 11.6. The van der Waals surface area contributed by atoms with Crippen LogP contribution in [-0.4, -0.2) is 31.7 Å². The summed E-state index contributed by atoms with van der Waals surface area (Å²) in [7, 11) is -3.79. The quantitative estimate of drug-likeness (QED) is 0.898. The molecule has 1 fully saturated rings. The van der Waals surface area contributed by atoms with Crippen LogP contribution in [0, 0.1) is 0 Å². The molecule has 0 aliphatic carbocycles. The molecule has 0 atom stereocenters. The van der Waals surface area contributed by atoms with Crippen LogP contribution in [0.3, 0.4) is 0 Å². The lowest BCUT2D eigenvalue weighted by Gasteiger charge is -2.20. The minimum atomic E-state index is -3.79. The Kier molecular flexibility index (Phi) is 5.20. The smallest absolute Gasteiger partial charge is 0.264 e. The van der Waals surface area contributed by atoms with Crippen LogP contribution in [-0.2, 0) is 10.0 Å². The molecule has 0 amide bonds. The summed E-state index contributed by atoms with van der Waals surface area (Å²) in [4.78, 5) is 2.21. The number of halogens is 1. The van der Waals surface area contributed by atoms with Crippen molar-refractivity contribution in [2.45, 2.75) is 30.6 Å². The van der Waals surface area contributed by atoms with Crippen molar-refractivity contribution in [1.29, 1.82) is 0 Å². The number of anilines is 2. The highest BCUT2D eigenvalue weighted by atomic mass is 35.5. The van der Waals surface area contributed by atoms with Crippen molar-refractivity contribution in [3.05, 3.63) is 41.4 Å².